The molecule has 24 nitrogen and oxygen atoms in total. The van der Waals surface area contributed by atoms with E-state index in [9.17, 15) is 69.0 Å². The van der Waals surface area contributed by atoms with Gasteiger partial charge in [-0.2, -0.15) is 0 Å². The third-order valence-electron chi connectivity index (χ3n) is 44.6. The highest BCUT2D eigenvalue weighted by Gasteiger charge is 2.78. The van der Waals surface area contributed by atoms with E-state index >= 15 is 0 Å². The standard InChI is InChI=1S/C22H28O6.C22H32O5.C20H24O4.2C18H24O3.C17H20O3/c23-19-21-12-17(28-19)18-14-3-5-20(24-7-8-25-20)11-13(14)1-2-15(18)16(21)4-6-22(21)26-9-10-27-22;1-20-13-18(23)19-15-4-6-21(24-8-9-25-21)12-14(15)2-3-16(19)17(20)5-7-22(20)26-10-11-27-22;1-11(21)24-17-10-20(2)16(7-8-18(20)23)15-5-3-12-9-13(22)4-6-14(12)19(15)17;2*1-18-9-15(20)17-12-5-3-11(19)8-10(12)2-4-13(17)14(18)6-7-16(18)21;18-10-2-4-11-9(7-10)1-3-13-12-5-6-15(19)14(12)8-16(20)17(11)13/h1,14-18H,2-12H2;2,15-19,23H,3-13H2,1H3;4,6,9,15-17,19,22H,3,5,7-8,10H2,1-2H3;2*8,12-15,17,20H,2-7,9H2,1H3;2,4,7,12-14,16-18,20H,1,3,5-6,8H2/t14?,15?,16?,17-,18?,21-;15?,16?,17?,18-,19?,20-;15?,16?,17-,19?,20-;12?,13?,14?,15-,17?,18+;12?,13?,14?,15-,17?,18-;12?,13?,14-,16-,17?/m000100/s1. The third kappa shape index (κ3) is 15.4. The van der Waals surface area contributed by atoms with Crippen molar-refractivity contribution in [3.05, 3.63) is 105 Å². The van der Waals surface area contributed by atoms with Gasteiger partial charge in [-0.1, -0.05) is 74.3 Å². The first-order valence-electron chi connectivity index (χ1n) is 55.6. The summed E-state index contributed by atoms with van der Waals surface area (Å²) in [5.41, 5.74) is 8.67. The van der Waals surface area contributed by atoms with Crippen LogP contribution in [0.1, 0.15) is 300 Å². The van der Waals surface area contributed by atoms with Crippen molar-refractivity contribution in [2.45, 2.75) is 350 Å². The molecule has 6 N–H and O–H groups in total. The van der Waals surface area contributed by atoms with Crippen LogP contribution in [-0.2, 0) is 98.6 Å². The lowest BCUT2D eigenvalue weighted by molar-refractivity contribution is -0.254. The fourth-order valence-electron chi connectivity index (χ4n) is 39.0. The Balaban J connectivity index is 0.0000000920. The lowest BCUT2D eigenvalue weighted by Crippen LogP contribution is -2.58. The summed E-state index contributed by atoms with van der Waals surface area (Å²) in [6.07, 6.45) is 40.7. The maximum absolute atomic E-state index is 13.3. The predicted octanol–water partition coefficient (Wildman–Crippen LogP) is 16.7. The van der Waals surface area contributed by atoms with Crippen molar-refractivity contribution in [1.82, 2.24) is 0 Å². The molecule has 22 aliphatic carbocycles. The van der Waals surface area contributed by atoms with E-state index in [0.29, 0.717) is 239 Å². The van der Waals surface area contributed by atoms with E-state index in [-0.39, 0.29) is 123 Å². The number of carbonyl (C=O) groups is 8. The molecule has 5 spiro atoms. The number of rotatable bonds is 1. The van der Waals surface area contributed by atoms with Gasteiger partial charge in [0, 0.05) is 136 Å². The summed E-state index contributed by atoms with van der Waals surface area (Å²) in [7, 11) is 0. The number of hydrogen-bond donors (Lipinski definition) is 6. The molecule has 27 aliphatic rings. The van der Waals surface area contributed by atoms with Crippen molar-refractivity contribution in [1.29, 1.82) is 0 Å². The first-order chi connectivity index (χ1) is 67.8. The molecule has 2 aromatic carbocycles. The zero-order valence-electron chi connectivity index (χ0n) is 83.6. The van der Waals surface area contributed by atoms with Gasteiger partial charge in [-0.25, -0.2) is 0 Å². The van der Waals surface area contributed by atoms with Crippen molar-refractivity contribution in [2.24, 2.45) is 151 Å². The third-order valence-corrected chi connectivity index (χ3v) is 44.6. The van der Waals surface area contributed by atoms with Crippen LogP contribution >= 0.6 is 0 Å². The monoisotopic (exact) mass is 1940 g/mol. The Labute approximate surface area is 829 Å². The number of Topliss-reactive ketones (excluding diaryl/α,β-unsaturated/α-hetero) is 4. The number of aryl methyl sites for hydroxylation is 2. The van der Waals surface area contributed by atoms with Gasteiger partial charge in [0.25, 0.3) is 0 Å². The number of phenolic OH excluding ortho intramolecular Hbond substituents is 2. The summed E-state index contributed by atoms with van der Waals surface area (Å²) in [6, 6.07) is 11.1. The number of benzene rings is 2. The zero-order chi connectivity index (χ0) is 97.3. The molecule has 34 atom stereocenters. The number of phenols is 2. The number of ether oxygens (including phenoxy) is 10. The number of ketones is 6. The van der Waals surface area contributed by atoms with Crippen molar-refractivity contribution in [2.75, 3.05) is 52.9 Å². The molecule has 2 bridgehead atoms. The predicted molar refractivity (Wildman–Crippen MR) is 514 cm³/mol. The second-order valence-electron chi connectivity index (χ2n) is 50.2. The number of esters is 2. The van der Waals surface area contributed by atoms with Crippen LogP contribution in [0.2, 0.25) is 0 Å². The molecule has 29 rings (SSSR count). The molecule has 5 aliphatic heterocycles. The molecule has 0 aromatic heterocycles. The number of aliphatic hydroxyl groups excluding tert-OH is 4. The second-order valence-corrected chi connectivity index (χ2v) is 50.2. The normalized spacial score (nSPS) is 45.9. The highest BCUT2D eigenvalue weighted by atomic mass is 16.8. The highest BCUT2D eigenvalue weighted by molar-refractivity contribution is 5.93. The van der Waals surface area contributed by atoms with Gasteiger partial charge in [-0.3, -0.25) is 38.4 Å². The van der Waals surface area contributed by atoms with E-state index in [2.05, 4.69) is 39.8 Å². The summed E-state index contributed by atoms with van der Waals surface area (Å²) >= 11 is 0. The number of aromatic hydroxyl groups is 2. The van der Waals surface area contributed by atoms with Gasteiger partial charge >= 0.3 is 11.9 Å². The van der Waals surface area contributed by atoms with E-state index < -0.39 is 23.1 Å². The van der Waals surface area contributed by atoms with Gasteiger partial charge in [0.2, 0.25) is 0 Å². The smallest absolute Gasteiger partial charge is 0.318 e. The summed E-state index contributed by atoms with van der Waals surface area (Å²) in [4.78, 5) is 97.4. The molecular formula is C117H152O24. The Hall–Kier alpha value is -6.52. The second kappa shape index (κ2) is 36.2. The number of hydrogen-bond acceptors (Lipinski definition) is 24. The molecule has 24 heteroatoms. The maximum atomic E-state index is 13.3. The molecule has 16 saturated carbocycles. The van der Waals surface area contributed by atoms with Crippen molar-refractivity contribution >= 4 is 46.6 Å². The average molecular weight is 1940 g/mol. The van der Waals surface area contributed by atoms with Crippen LogP contribution in [0, 0.1) is 151 Å². The molecule has 22 unspecified atom stereocenters. The van der Waals surface area contributed by atoms with Crippen LogP contribution in [0.3, 0.4) is 0 Å². The first-order valence-corrected chi connectivity index (χ1v) is 55.6. The molecule has 764 valence electrons. The van der Waals surface area contributed by atoms with E-state index in [1.54, 1.807) is 12.1 Å². The largest absolute Gasteiger partial charge is 0.508 e. The summed E-state index contributed by atoms with van der Waals surface area (Å²) in [5, 5.41) is 62.9. The molecule has 2 aromatic rings. The number of carbonyl (C=O) groups excluding carboxylic acids is 8. The van der Waals surface area contributed by atoms with E-state index in [1.165, 1.54) is 45.9 Å². The summed E-state index contributed by atoms with van der Waals surface area (Å²) in [5.74, 6) is 9.24. The van der Waals surface area contributed by atoms with Gasteiger partial charge in [-0.15, -0.1) is 0 Å². The molecule has 5 heterocycles. The van der Waals surface area contributed by atoms with E-state index in [4.69, 9.17) is 47.4 Å². The van der Waals surface area contributed by atoms with Crippen LogP contribution in [0.25, 0.3) is 0 Å². The van der Waals surface area contributed by atoms with Crippen LogP contribution in [0.4, 0.5) is 0 Å². The van der Waals surface area contributed by atoms with Crippen molar-refractivity contribution < 1.29 is 116 Å². The molecule has 0 radical (unpaired) electrons. The molecule has 141 heavy (non-hydrogen) atoms. The van der Waals surface area contributed by atoms with Gasteiger partial charge in [0.15, 0.2) is 34.7 Å². The lowest BCUT2D eigenvalue weighted by Gasteiger charge is -2.57. The number of allylic oxidation sites excluding steroid dienone is 4. The Morgan fingerprint density at radius 3 is 1.38 bits per heavy atom. The van der Waals surface area contributed by atoms with Crippen molar-refractivity contribution in [3.8, 4) is 11.5 Å². The Kier molecular flexibility index (Phi) is 24.8. The van der Waals surface area contributed by atoms with Crippen LogP contribution in [-0.4, -0.2) is 190 Å². The molecular weight excluding hydrogens is 1790 g/mol. The van der Waals surface area contributed by atoms with Crippen LogP contribution in [0.15, 0.2) is 83.0 Å². The minimum atomic E-state index is -0.722. The van der Waals surface area contributed by atoms with Gasteiger partial charge < -0.3 is 78.0 Å². The minimum absolute atomic E-state index is 0.00434. The quantitative estimate of drug-likeness (QED) is 0.114. The topological polar surface area (TPSA) is 350 Å². The summed E-state index contributed by atoms with van der Waals surface area (Å²) < 4.78 is 60.5. The van der Waals surface area contributed by atoms with Crippen LogP contribution in [0.5, 0.6) is 11.5 Å². The summed E-state index contributed by atoms with van der Waals surface area (Å²) in [6.45, 7) is 15.4. The zero-order valence-corrected chi connectivity index (χ0v) is 83.6. The highest BCUT2D eigenvalue weighted by Crippen LogP contribution is 2.73. The van der Waals surface area contributed by atoms with Gasteiger partial charge in [-0.05, 0) is 332 Å². The minimum Gasteiger partial charge on any atom is -0.508 e. The van der Waals surface area contributed by atoms with E-state index in [0.717, 1.165) is 199 Å². The first kappa shape index (κ1) is 96.6. The van der Waals surface area contributed by atoms with Gasteiger partial charge in [0.1, 0.15) is 52.3 Å². The Bertz CT molecular complexity index is 5330. The molecule has 0 amide bonds. The van der Waals surface area contributed by atoms with Crippen LogP contribution < -0.4 is 0 Å². The van der Waals surface area contributed by atoms with E-state index in [1.807, 2.05) is 36.4 Å². The number of fused-ring (bicyclic) bond motifs is 32. The molecule has 5 saturated heterocycles. The Morgan fingerprint density at radius 2 is 0.830 bits per heavy atom. The molecule has 21 fully saturated rings. The number of aliphatic hydroxyl groups is 4. The SMILES string of the molecule is CC(=O)O[C@H]1C[C@]2(C)C(=O)CCC2C2CCc3cc(O)ccc3C21.C[C@]12C[C@@H](O)C3C4CCC(=O)C=C4CCC3C1CCC2=O.C[C@]12C[C@H](O)C3C4CCC(=O)C=C4CCC3C1CCC2=O.C[C@]12C[C@H](O)C3C4CCC5(CC4=CCC3C1CCC21OCCO1)OCCO5.O=C1CCC2C3CCc4cc(O)ccc4C3[C@@H](O)C[C@H]12.O=C1O[C@H]2C[C@]13C(CCC31OCCO1)C1CC=C3CC4(CCC3C12)OCCO4. The fourth-order valence-corrected chi connectivity index (χ4v) is 39.0. The lowest BCUT2D eigenvalue weighted by atomic mass is 9.51. The Morgan fingerprint density at radius 1 is 0.383 bits per heavy atom. The average Bonchev–Trinajstić information content (AvgIpc) is 1.50. The van der Waals surface area contributed by atoms with Gasteiger partial charge in [0.05, 0.1) is 77.3 Å². The van der Waals surface area contributed by atoms with Crippen molar-refractivity contribution in [3.63, 3.8) is 0 Å². The fraction of sp³-hybridized carbons (Fsp3) is 0.761. The maximum Gasteiger partial charge on any atom is 0.318 e.